The minimum Gasteiger partial charge on any atom is -0.495 e. The van der Waals surface area contributed by atoms with Crippen LogP contribution >= 0.6 is 11.6 Å². The standard InChI is InChI=1S/C31H40ClN7O7/c1-30(2,3)46-29(44)33-22-11-9-7-5-6-8-10-19-16-31(19,28(42)43)34-26(40)23-15-20(17-38(23)27(22)41)39-36-25(35-37-39)18-12-13-24(45-4)21(32)14-18/h8,10,12-14,19-20,22-23H,5-7,9,11,15-17H2,1-4H3,(H,33,44)(H,34,40)(H,42,43)/b10-8-/t19-,20+,22-,23-,31+/m0/s1. The number of halogens is 1. The van der Waals surface area contributed by atoms with Gasteiger partial charge in [-0.25, -0.2) is 9.59 Å². The molecule has 3 amide bonds. The van der Waals surface area contributed by atoms with Crippen LogP contribution in [0.5, 0.6) is 5.75 Å². The molecule has 3 heterocycles. The van der Waals surface area contributed by atoms with Crippen LogP contribution in [0.25, 0.3) is 11.4 Å². The Morgan fingerprint density at radius 1 is 1.20 bits per heavy atom. The van der Waals surface area contributed by atoms with E-state index in [4.69, 9.17) is 21.1 Å². The Morgan fingerprint density at radius 3 is 2.67 bits per heavy atom. The molecule has 2 aliphatic heterocycles. The average Bonchev–Trinajstić information content (AvgIpc) is 3.31. The van der Waals surface area contributed by atoms with Gasteiger partial charge in [-0.3, -0.25) is 9.59 Å². The summed E-state index contributed by atoms with van der Waals surface area (Å²) in [4.78, 5) is 55.9. The molecule has 1 aromatic heterocycles. The molecule has 1 saturated heterocycles. The van der Waals surface area contributed by atoms with E-state index in [1.165, 1.54) is 16.8 Å². The Labute approximate surface area is 271 Å². The van der Waals surface area contributed by atoms with Crippen LogP contribution in [0.4, 0.5) is 4.79 Å². The predicted octanol–water partition coefficient (Wildman–Crippen LogP) is 3.52. The van der Waals surface area contributed by atoms with Gasteiger partial charge in [-0.2, -0.15) is 4.80 Å². The number of fused-ring (bicyclic) bond motifs is 2. The van der Waals surface area contributed by atoms with Crippen molar-refractivity contribution in [3.63, 3.8) is 0 Å². The van der Waals surface area contributed by atoms with Gasteiger partial charge >= 0.3 is 12.1 Å². The van der Waals surface area contributed by atoms with Crippen molar-refractivity contribution in [1.82, 2.24) is 35.7 Å². The molecule has 0 spiro atoms. The number of nitrogens with zero attached hydrogens (tertiary/aromatic N) is 5. The monoisotopic (exact) mass is 657 g/mol. The molecule has 1 aromatic carbocycles. The summed E-state index contributed by atoms with van der Waals surface area (Å²) in [5.41, 5.74) is -1.63. The molecule has 15 heteroatoms. The van der Waals surface area contributed by atoms with E-state index in [1.807, 2.05) is 12.2 Å². The van der Waals surface area contributed by atoms with E-state index in [0.29, 0.717) is 29.2 Å². The molecule has 2 aromatic rings. The smallest absolute Gasteiger partial charge is 0.408 e. The van der Waals surface area contributed by atoms with E-state index in [9.17, 15) is 24.3 Å². The summed E-state index contributed by atoms with van der Waals surface area (Å²) in [6.07, 6.45) is 6.78. The Kier molecular flexibility index (Phi) is 9.57. The molecular weight excluding hydrogens is 618 g/mol. The lowest BCUT2D eigenvalue weighted by Crippen LogP contribution is -2.56. The van der Waals surface area contributed by atoms with Crippen molar-refractivity contribution < 1.29 is 33.8 Å². The number of hydrogen-bond acceptors (Lipinski definition) is 9. The van der Waals surface area contributed by atoms with Crippen molar-refractivity contribution in [3.8, 4) is 17.1 Å². The third-order valence-corrected chi connectivity index (χ3v) is 8.79. The van der Waals surface area contributed by atoms with E-state index >= 15 is 0 Å². The number of carbonyl (C=O) groups is 4. The van der Waals surface area contributed by atoms with Crippen molar-refractivity contribution in [3.05, 3.63) is 35.4 Å². The number of nitrogens with one attached hydrogen (secondary N) is 2. The number of allylic oxidation sites excluding steroid dienone is 1. The summed E-state index contributed by atoms with van der Waals surface area (Å²) < 4.78 is 10.7. The number of carboxylic acid groups (broad SMARTS) is 1. The van der Waals surface area contributed by atoms with Gasteiger partial charge in [0.25, 0.3) is 0 Å². The third-order valence-electron chi connectivity index (χ3n) is 8.49. The number of tetrazole rings is 1. The first-order chi connectivity index (χ1) is 21.8. The van der Waals surface area contributed by atoms with E-state index in [2.05, 4.69) is 26.0 Å². The number of hydrogen-bond donors (Lipinski definition) is 3. The number of ether oxygens (including phenoxy) is 2. The second-order valence-electron chi connectivity index (χ2n) is 13.0. The highest BCUT2D eigenvalue weighted by Crippen LogP contribution is 2.45. The predicted molar refractivity (Wildman–Crippen MR) is 166 cm³/mol. The van der Waals surface area contributed by atoms with Crippen molar-refractivity contribution in [2.24, 2.45) is 5.92 Å². The molecule has 248 valence electrons. The third kappa shape index (κ3) is 7.27. The van der Waals surface area contributed by atoms with Crippen molar-refractivity contribution in [1.29, 1.82) is 0 Å². The number of alkyl carbamates (subject to hydrolysis) is 1. The average molecular weight is 658 g/mol. The number of benzene rings is 1. The van der Waals surface area contributed by atoms with E-state index in [0.717, 1.165) is 19.3 Å². The Bertz CT molecular complexity index is 1520. The molecule has 0 radical (unpaired) electrons. The van der Waals surface area contributed by atoms with Gasteiger partial charge in [-0.05, 0) is 69.9 Å². The SMILES string of the molecule is COc1ccc(-c2nnn([C@@H]3C[C@H]4C(=O)N[C@]5(C(=O)O)C[C@@H]5/C=C\CCCCC[C@H](NC(=O)OC(C)(C)C)C(=O)N4C3)n2)cc1Cl. The van der Waals surface area contributed by atoms with Crippen LogP contribution in [0.2, 0.25) is 5.02 Å². The van der Waals surface area contributed by atoms with Gasteiger partial charge in [-0.1, -0.05) is 36.6 Å². The van der Waals surface area contributed by atoms with Crippen molar-refractivity contribution in [2.45, 2.75) is 95.0 Å². The van der Waals surface area contributed by atoms with Crippen LogP contribution in [0.1, 0.15) is 71.8 Å². The van der Waals surface area contributed by atoms with Gasteiger partial charge in [0.15, 0.2) is 0 Å². The number of rotatable bonds is 5. The van der Waals surface area contributed by atoms with Gasteiger partial charge in [0, 0.05) is 24.4 Å². The van der Waals surface area contributed by atoms with E-state index in [1.54, 1.807) is 39.0 Å². The Morgan fingerprint density at radius 2 is 1.98 bits per heavy atom. The first-order valence-electron chi connectivity index (χ1n) is 15.5. The number of aromatic nitrogens is 4. The number of methoxy groups -OCH3 is 1. The van der Waals surface area contributed by atoms with Gasteiger partial charge in [0.05, 0.1) is 18.2 Å². The summed E-state index contributed by atoms with van der Waals surface area (Å²) in [6.45, 7) is 5.22. The van der Waals surface area contributed by atoms with Crippen LogP contribution in [0, 0.1) is 5.92 Å². The number of amides is 3. The Balaban J connectivity index is 1.44. The highest BCUT2D eigenvalue weighted by atomic mass is 35.5. The molecule has 1 aliphatic carbocycles. The molecule has 0 unspecified atom stereocenters. The summed E-state index contributed by atoms with van der Waals surface area (Å²) in [5, 5.41) is 28.8. The zero-order valence-corrected chi connectivity index (χ0v) is 27.1. The van der Waals surface area contributed by atoms with Crippen LogP contribution in [-0.2, 0) is 19.1 Å². The van der Waals surface area contributed by atoms with Crippen LogP contribution in [0.3, 0.4) is 0 Å². The van der Waals surface area contributed by atoms with Crippen LogP contribution in [-0.4, -0.2) is 91.0 Å². The summed E-state index contributed by atoms with van der Waals surface area (Å²) >= 11 is 6.29. The molecule has 2 fully saturated rings. The lowest BCUT2D eigenvalue weighted by molar-refractivity contribution is -0.145. The lowest BCUT2D eigenvalue weighted by atomic mass is 10.0. The van der Waals surface area contributed by atoms with Gasteiger partial charge < -0.3 is 30.1 Å². The number of aliphatic carboxylic acids is 1. The maximum atomic E-state index is 14.2. The second kappa shape index (κ2) is 13.3. The van der Waals surface area contributed by atoms with Gasteiger partial charge in [-0.15, -0.1) is 10.2 Å². The second-order valence-corrected chi connectivity index (χ2v) is 13.4. The molecule has 46 heavy (non-hydrogen) atoms. The first-order valence-corrected chi connectivity index (χ1v) is 15.8. The molecule has 5 rings (SSSR count). The molecule has 3 N–H and O–H groups in total. The quantitative estimate of drug-likeness (QED) is 0.403. The molecule has 5 atom stereocenters. The highest BCUT2D eigenvalue weighted by molar-refractivity contribution is 6.32. The number of carboxylic acids is 1. The zero-order chi connectivity index (χ0) is 33.2. The maximum Gasteiger partial charge on any atom is 0.408 e. The summed E-state index contributed by atoms with van der Waals surface area (Å²) in [5.74, 6) is -1.77. The van der Waals surface area contributed by atoms with Gasteiger partial charge in [0.1, 0.15) is 29.0 Å². The lowest BCUT2D eigenvalue weighted by Gasteiger charge is -2.30. The van der Waals surface area contributed by atoms with Crippen LogP contribution < -0.4 is 15.4 Å². The fourth-order valence-corrected chi connectivity index (χ4v) is 6.25. The molecule has 3 aliphatic rings. The zero-order valence-electron chi connectivity index (χ0n) is 26.4. The minimum absolute atomic E-state index is 0.0337. The molecule has 1 saturated carbocycles. The maximum absolute atomic E-state index is 14.2. The van der Waals surface area contributed by atoms with E-state index < -0.39 is 53.1 Å². The van der Waals surface area contributed by atoms with Crippen molar-refractivity contribution in [2.75, 3.05) is 13.7 Å². The fraction of sp³-hybridized carbons (Fsp3) is 0.581. The van der Waals surface area contributed by atoms with Crippen LogP contribution in [0.15, 0.2) is 30.4 Å². The first kappa shape index (κ1) is 33.2. The summed E-state index contributed by atoms with van der Waals surface area (Å²) in [6, 6.07) is 2.50. The normalized spacial score (nSPS) is 27.7. The topological polar surface area (TPSA) is 178 Å². The fourth-order valence-electron chi connectivity index (χ4n) is 6.00. The number of carbonyl (C=O) groups excluding carboxylic acids is 3. The molecule has 0 bridgehead atoms. The largest absolute Gasteiger partial charge is 0.495 e. The highest BCUT2D eigenvalue weighted by Gasteiger charge is 2.61. The van der Waals surface area contributed by atoms with Gasteiger partial charge in [0.2, 0.25) is 17.6 Å². The Hall–Kier alpha value is -4.20. The minimum atomic E-state index is -1.44. The molecule has 14 nitrogen and oxygen atoms in total. The van der Waals surface area contributed by atoms with E-state index in [-0.39, 0.29) is 31.1 Å². The molecular formula is C31H40ClN7O7. The van der Waals surface area contributed by atoms with Crippen molar-refractivity contribution >= 4 is 35.5 Å². The summed E-state index contributed by atoms with van der Waals surface area (Å²) in [7, 11) is 1.51.